The predicted octanol–water partition coefficient (Wildman–Crippen LogP) is -0.676. The Morgan fingerprint density at radius 3 is 2.67 bits per heavy atom. The zero-order valence-corrected chi connectivity index (χ0v) is 8.22. The van der Waals surface area contributed by atoms with Gasteiger partial charge >= 0.3 is 0 Å². The fourth-order valence-corrected chi connectivity index (χ4v) is 1.57. The summed E-state index contributed by atoms with van der Waals surface area (Å²) in [6.45, 7) is 2.36. The number of aromatic nitrogens is 2. The molecule has 1 aromatic rings. The molecule has 1 saturated heterocycles. The highest BCUT2D eigenvalue weighted by atomic mass is 16.2. The van der Waals surface area contributed by atoms with Crippen molar-refractivity contribution in [1.82, 2.24) is 19.8 Å². The molecule has 15 heavy (non-hydrogen) atoms. The molecule has 0 unspecified atom stereocenters. The predicted molar refractivity (Wildman–Crippen MR) is 52.1 cm³/mol. The third-order valence-corrected chi connectivity index (χ3v) is 2.48. The molecule has 0 aromatic carbocycles. The summed E-state index contributed by atoms with van der Waals surface area (Å²) < 4.78 is 0. The zero-order valence-electron chi connectivity index (χ0n) is 8.22. The Balaban J connectivity index is 1.96. The summed E-state index contributed by atoms with van der Waals surface area (Å²) in [6, 6.07) is 0. The van der Waals surface area contributed by atoms with Gasteiger partial charge in [-0.05, 0) is 0 Å². The second-order valence-corrected chi connectivity index (χ2v) is 3.40. The van der Waals surface area contributed by atoms with Crippen LogP contribution >= 0.6 is 0 Å². The van der Waals surface area contributed by atoms with E-state index in [1.54, 1.807) is 9.80 Å². The van der Waals surface area contributed by atoms with Crippen LogP contribution in [0.3, 0.4) is 0 Å². The van der Waals surface area contributed by atoms with E-state index in [9.17, 15) is 9.59 Å². The van der Waals surface area contributed by atoms with Crippen molar-refractivity contribution in [2.45, 2.75) is 0 Å². The molecule has 0 saturated carbocycles. The van der Waals surface area contributed by atoms with E-state index < -0.39 is 0 Å². The summed E-state index contributed by atoms with van der Waals surface area (Å²) in [5, 5.41) is 0. The lowest BCUT2D eigenvalue weighted by atomic mass is 10.3. The number of rotatable bonds is 2. The Bertz CT molecular complexity index is 341. The van der Waals surface area contributed by atoms with Crippen LogP contribution in [0.15, 0.2) is 12.5 Å². The molecular formula is C9H12N4O2. The lowest BCUT2D eigenvalue weighted by Crippen LogP contribution is -2.48. The van der Waals surface area contributed by atoms with Crippen LogP contribution in [0.2, 0.25) is 0 Å². The summed E-state index contributed by atoms with van der Waals surface area (Å²) in [7, 11) is 0. The minimum absolute atomic E-state index is 0.0574. The molecule has 1 aliphatic rings. The molecule has 1 N–H and O–H groups in total. The Hall–Kier alpha value is -1.85. The van der Waals surface area contributed by atoms with Gasteiger partial charge in [-0.3, -0.25) is 9.59 Å². The quantitative estimate of drug-likeness (QED) is 0.655. The number of hydrogen-bond donors (Lipinski definition) is 1. The summed E-state index contributed by atoms with van der Waals surface area (Å²) >= 11 is 0. The molecule has 6 nitrogen and oxygen atoms in total. The minimum atomic E-state index is -0.0574. The molecule has 80 valence electrons. The largest absolute Gasteiger partial charge is 0.342 e. The van der Waals surface area contributed by atoms with E-state index in [-0.39, 0.29) is 5.91 Å². The van der Waals surface area contributed by atoms with Crippen molar-refractivity contribution in [2.24, 2.45) is 0 Å². The van der Waals surface area contributed by atoms with Gasteiger partial charge in [0.1, 0.15) is 5.69 Å². The van der Waals surface area contributed by atoms with Crippen LogP contribution in [-0.2, 0) is 4.79 Å². The van der Waals surface area contributed by atoms with Gasteiger partial charge in [-0.2, -0.15) is 0 Å². The van der Waals surface area contributed by atoms with Crippen LogP contribution in [0.4, 0.5) is 0 Å². The first-order valence-corrected chi connectivity index (χ1v) is 4.78. The Morgan fingerprint density at radius 2 is 2.13 bits per heavy atom. The SMILES string of the molecule is O=CN1CCN(C(=O)c2cnc[nH]2)CC1. The fraction of sp³-hybridized carbons (Fsp3) is 0.444. The number of hydrogen-bond acceptors (Lipinski definition) is 3. The van der Waals surface area contributed by atoms with E-state index in [1.807, 2.05) is 0 Å². The van der Waals surface area contributed by atoms with E-state index in [0.717, 1.165) is 6.41 Å². The maximum atomic E-state index is 11.8. The molecule has 0 atom stereocenters. The van der Waals surface area contributed by atoms with Crippen LogP contribution in [0, 0.1) is 0 Å². The normalized spacial score (nSPS) is 16.5. The van der Waals surface area contributed by atoms with Gasteiger partial charge in [-0.15, -0.1) is 0 Å². The van der Waals surface area contributed by atoms with Crippen molar-refractivity contribution in [1.29, 1.82) is 0 Å². The van der Waals surface area contributed by atoms with E-state index in [1.165, 1.54) is 12.5 Å². The number of imidazole rings is 1. The number of piperazine rings is 1. The highest BCUT2D eigenvalue weighted by Gasteiger charge is 2.21. The van der Waals surface area contributed by atoms with Gasteiger partial charge < -0.3 is 14.8 Å². The Kier molecular flexibility index (Phi) is 2.66. The highest BCUT2D eigenvalue weighted by Crippen LogP contribution is 2.04. The fourth-order valence-electron chi connectivity index (χ4n) is 1.57. The first-order valence-electron chi connectivity index (χ1n) is 4.78. The van der Waals surface area contributed by atoms with Crippen LogP contribution < -0.4 is 0 Å². The molecule has 6 heteroatoms. The summed E-state index contributed by atoms with van der Waals surface area (Å²) in [6.07, 6.45) is 3.81. The van der Waals surface area contributed by atoms with E-state index >= 15 is 0 Å². The van der Waals surface area contributed by atoms with Crippen LogP contribution in [-0.4, -0.2) is 58.3 Å². The summed E-state index contributed by atoms with van der Waals surface area (Å²) in [5.41, 5.74) is 0.495. The number of nitrogens with one attached hydrogen (secondary N) is 1. The molecule has 1 aliphatic heterocycles. The van der Waals surface area contributed by atoms with Crippen molar-refractivity contribution in [3.05, 3.63) is 18.2 Å². The third kappa shape index (κ3) is 1.98. The lowest BCUT2D eigenvalue weighted by molar-refractivity contribution is -0.119. The third-order valence-electron chi connectivity index (χ3n) is 2.48. The summed E-state index contributed by atoms with van der Waals surface area (Å²) in [5.74, 6) is -0.0574. The van der Waals surface area contributed by atoms with Gasteiger partial charge in [-0.1, -0.05) is 0 Å². The van der Waals surface area contributed by atoms with Gasteiger partial charge in [0.2, 0.25) is 6.41 Å². The van der Waals surface area contributed by atoms with Crippen molar-refractivity contribution in [3.8, 4) is 0 Å². The molecule has 0 aliphatic carbocycles. The number of aromatic amines is 1. The Labute approximate surface area is 86.9 Å². The topological polar surface area (TPSA) is 69.3 Å². The highest BCUT2D eigenvalue weighted by molar-refractivity contribution is 5.92. The number of H-pyrrole nitrogens is 1. The number of nitrogens with zero attached hydrogens (tertiary/aromatic N) is 3. The maximum Gasteiger partial charge on any atom is 0.272 e. The second kappa shape index (κ2) is 4.12. The first-order chi connectivity index (χ1) is 7.31. The van der Waals surface area contributed by atoms with Gasteiger partial charge in [0.15, 0.2) is 0 Å². The van der Waals surface area contributed by atoms with Gasteiger partial charge in [0, 0.05) is 26.2 Å². The molecule has 0 spiro atoms. The van der Waals surface area contributed by atoms with Gasteiger partial charge in [0.05, 0.1) is 12.5 Å². The van der Waals surface area contributed by atoms with E-state index in [0.29, 0.717) is 31.9 Å². The maximum absolute atomic E-state index is 11.8. The average molecular weight is 208 g/mol. The number of carbonyl (C=O) groups excluding carboxylic acids is 2. The van der Waals surface area contributed by atoms with Crippen LogP contribution in [0.25, 0.3) is 0 Å². The average Bonchev–Trinajstić information content (AvgIpc) is 2.82. The monoisotopic (exact) mass is 208 g/mol. The lowest BCUT2D eigenvalue weighted by Gasteiger charge is -2.32. The van der Waals surface area contributed by atoms with Crippen molar-refractivity contribution in [2.75, 3.05) is 26.2 Å². The van der Waals surface area contributed by atoms with Crippen molar-refractivity contribution in [3.63, 3.8) is 0 Å². The standard InChI is InChI=1S/C9H12N4O2/c14-7-12-1-3-13(4-2-12)9(15)8-5-10-6-11-8/h5-7H,1-4H2,(H,10,11). The van der Waals surface area contributed by atoms with Gasteiger partial charge in [-0.25, -0.2) is 4.98 Å². The molecule has 0 bridgehead atoms. The van der Waals surface area contributed by atoms with Crippen molar-refractivity contribution < 1.29 is 9.59 Å². The van der Waals surface area contributed by atoms with E-state index in [2.05, 4.69) is 9.97 Å². The zero-order chi connectivity index (χ0) is 10.7. The smallest absolute Gasteiger partial charge is 0.272 e. The number of amides is 2. The molecule has 1 fully saturated rings. The van der Waals surface area contributed by atoms with Crippen molar-refractivity contribution >= 4 is 12.3 Å². The molecule has 2 rings (SSSR count). The molecule has 2 heterocycles. The second-order valence-electron chi connectivity index (χ2n) is 3.40. The summed E-state index contributed by atoms with van der Waals surface area (Å²) in [4.78, 5) is 32.2. The molecular weight excluding hydrogens is 196 g/mol. The molecule has 2 amide bonds. The molecule has 1 aromatic heterocycles. The first kappa shape index (κ1) is 9.70. The van der Waals surface area contributed by atoms with Crippen LogP contribution in [0.1, 0.15) is 10.5 Å². The Morgan fingerprint density at radius 1 is 1.40 bits per heavy atom. The van der Waals surface area contributed by atoms with E-state index in [4.69, 9.17) is 0 Å². The number of carbonyl (C=O) groups is 2. The van der Waals surface area contributed by atoms with Crippen LogP contribution in [0.5, 0.6) is 0 Å². The minimum Gasteiger partial charge on any atom is -0.342 e. The van der Waals surface area contributed by atoms with Gasteiger partial charge in [0.25, 0.3) is 5.91 Å². The molecule has 0 radical (unpaired) electrons.